The third kappa shape index (κ3) is 5.25. The summed E-state index contributed by atoms with van der Waals surface area (Å²) in [5, 5.41) is 21.4. The van der Waals surface area contributed by atoms with E-state index >= 15 is 0 Å². The van der Waals surface area contributed by atoms with Gasteiger partial charge in [-0.3, -0.25) is 10.1 Å². The van der Waals surface area contributed by atoms with Crippen LogP contribution in [0.5, 0.6) is 0 Å². The van der Waals surface area contributed by atoms with Crippen molar-refractivity contribution in [3.63, 3.8) is 0 Å². The van der Waals surface area contributed by atoms with Gasteiger partial charge in [-0.05, 0) is 12.8 Å². The minimum Gasteiger partial charge on any atom is -0.481 e. The molecule has 3 N–H and O–H groups in total. The van der Waals surface area contributed by atoms with Crippen LogP contribution < -0.4 is 10.6 Å². The molecule has 0 aliphatic rings. The van der Waals surface area contributed by atoms with Gasteiger partial charge in [0.1, 0.15) is 5.51 Å². The first kappa shape index (κ1) is 13.4. The van der Waals surface area contributed by atoms with Crippen molar-refractivity contribution in [2.75, 3.05) is 11.9 Å². The molecule has 0 saturated carbocycles. The van der Waals surface area contributed by atoms with Gasteiger partial charge in [-0.15, -0.1) is 10.2 Å². The number of carboxylic acids is 1. The molecule has 0 radical (unpaired) electrons. The fourth-order valence-corrected chi connectivity index (χ4v) is 1.54. The van der Waals surface area contributed by atoms with Crippen LogP contribution in [-0.4, -0.2) is 33.8 Å². The number of nitrogens with one attached hydrogen (secondary N) is 2. The second kappa shape index (κ2) is 6.79. The van der Waals surface area contributed by atoms with Crippen LogP contribution in [0.2, 0.25) is 0 Å². The van der Waals surface area contributed by atoms with Crippen molar-refractivity contribution in [2.45, 2.75) is 19.8 Å². The van der Waals surface area contributed by atoms with Crippen molar-refractivity contribution in [1.29, 1.82) is 0 Å². The molecule has 0 aliphatic carbocycles. The third-order valence-electron chi connectivity index (χ3n) is 2.10. The zero-order valence-electron chi connectivity index (χ0n) is 9.34. The van der Waals surface area contributed by atoms with Crippen LogP contribution in [0.3, 0.4) is 0 Å². The molecule has 0 spiro atoms. The van der Waals surface area contributed by atoms with Crippen molar-refractivity contribution in [1.82, 2.24) is 15.5 Å². The van der Waals surface area contributed by atoms with Crippen LogP contribution in [0.15, 0.2) is 5.51 Å². The standard InChI is InChI=1S/C9H14N4O3S/c1-6(7(14)15)3-2-4-10-8(16)12-9-13-11-5-17-9/h5-6H,2-4H2,1H3,(H,14,15)(H2,10,12,13,16). The molecule has 1 heterocycles. The summed E-state index contributed by atoms with van der Waals surface area (Å²) in [4.78, 5) is 21.8. The Hall–Kier alpha value is -1.70. The highest BCUT2D eigenvalue weighted by Crippen LogP contribution is 2.07. The van der Waals surface area contributed by atoms with E-state index in [1.54, 1.807) is 6.92 Å². The summed E-state index contributed by atoms with van der Waals surface area (Å²) in [7, 11) is 0. The summed E-state index contributed by atoms with van der Waals surface area (Å²) in [5.41, 5.74) is 1.52. The maximum absolute atomic E-state index is 11.3. The van der Waals surface area contributed by atoms with Crippen molar-refractivity contribution in [3.05, 3.63) is 5.51 Å². The number of amides is 2. The molecule has 2 amide bonds. The lowest BCUT2D eigenvalue weighted by Gasteiger charge is -2.07. The van der Waals surface area contributed by atoms with Gasteiger partial charge in [-0.2, -0.15) is 0 Å². The molecule has 8 heteroatoms. The van der Waals surface area contributed by atoms with Gasteiger partial charge in [0.25, 0.3) is 0 Å². The van der Waals surface area contributed by atoms with Gasteiger partial charge in [0.05, 0.1) is 5.92 Å². The topological polar surface area (TPSA) is 104 Å². The van der Waals surface area contributed by atoms with Crippen LogP contribution in [0.1, 0.15) is 19.8 Å². The highest BCUT2D eigenvalue weighted by Gasteiger charge is 2.10. The van der Waals surface area contributed by atoms with Gasteiger partial charge in [-0.25, -0.2) is 4.79 Å². The lowest BCUT2D eigenvalue weighted by Crippen LogP contribution is -2.29. The molecule has 0 bridgehead atoms. The molecule has 1 aromatic rings. The molecule has 0 fully saturated rings. The maximum Gasteiger partial charge on any atom is 0.321 e. The number of hydrogen-bond acceptors (Lipinski definition) is 5. The second-order valence-corrected chi connectivity index (χ2v) is 4.34. The minimum absolute atomic E-state index is 0.357. The summed E-state index contributed by atoms with van der Waals surface area (Å²) in [6.45, 7) is 2.08. The third-order valence-corrected chi connectivity index (χ3v) is 2.71. The summed E-state index contributed by atoms with van der Waals surface area (Å²) in [5.74, 6) is -1.20. The van der Waals surface area contributed by atoms with E-state index in [9.17, 15) is 9.59 Å². The Kier molecular flexibility index (Phi) is 5.34. The number of rotatable bonds is 6. The van der Waals surface area contributed by atoms with E-state index in [4.69, 9.17) is 5.11 Å². The predicted molar refractivity (Wildman–Crippen MR) is 63.0 cm³/mol. The molecule has 1 atom stereocenters. The first-order chi connectivity index (χ1) is 8.09. The molecule has 17 heavy (non-hydrogen) atoms. The number of nitrogens with zero attached hydrogens (tertiary/aromatic N) is 2. The van der Waals surface area contributed by atoms with E-state index < -0.39 is 5.97 Å². The highest BCUT2D eigenvalue weighted by molar-refractivity contribution is 7.13. The molecular weight excluding hydrogens is 244 g/mol. The number of urea groups is 1. The van der Waals surface area contributed by atoms with Crippen LogP contribution >= 0.6 is 11.3 Å². The molecule has 0 aromatic carbocycles. The molecule has 1 rings (SSSR count). The summed E-state index contributed by atoms with van der Waals surface area (Å²) in [6, 6.07) is -0.357. The van der Waals surface area contributed by atoms with Gasteiger partial charge < -0.3 is 10.4 Å². The smallest absolute Gasteiger partial charge is 0.321 e. The highest BCUT2D eigenvalue weighted by atomic mass is 32.1. The van der Waals surface area contributed by atoms with Crippen molar-refractivity contribution in [2.24, 2.45) is 5.92 Å². The number of carbonyl (C=O) groups excluding carboxylic acids is 1. The zero-order chi connectivity index (χ0) is 12.7. The van der Waals surface area contributed by atoms with Gasteiger partial charge in [0, 0.05) is 6.54 Å². The van der Waals surface area contributed by atoms with E-state index in [0.29, 0.717) is 24.5 Å². The average Bonchev–Trinajstić information content (AvgIpc) is 2.76. The first-order valence-electron chi connectivity index (χ1n) is 5.13. The van der Waals surface area contributed by atoms with Crippen molar-refractivity contribution in [3.8, 4) is 0 Å². The van der Waals surface area contributed by atoms with E-state index in [0.717, 1.165) is 0 Å². The molecule has 0 aliphatic heterocycles. The monoisotopic (exact) mass is 258 g/mol. The number of carboxylic acid groups (broad SMARTS) is 1. The molecular formula is C9H14N4O3S. The number of hydrogen-bond donors (Lipinski definition) is 3. The number of carbonyl (C=O) groups is 2. The Morgan fingerprint density at radius 3 is 2.94 bits per heavy atom. The zero-order valence-corrected chi connectivity index (χ0v) is 10.2. The normalized spacial score (nSPS) is 11.8. The Morgan fingerprint density at radius 2 is 2.35 bits per heavy atom. The van der Waals surface area contributed by atoms with E-state index in [1.165, 1.54) is 16.8 Å². The average molecular weight is 258 g/mol. The van der Waals surface area contributed by atoms with Crippen LogP contribution in [0, 0.1) is 5.92 Å². The fourth-order valence-electron chi connectivity index (χ4n) is 1.10. The lowest BCUT2D eigenvalue weighted by molar-refractivity contribution is -0.141. The predicted octanol–water partition coefficient (Wildman–Crippen LogP) is 1.16. The van der Waals surface area contributed by atoms with E-state index in [-0.39, 0.29) is 11.9 Å². The van der Waals surface area contributed by atoms with E-state index in [1.807, 2.05) is 0 Å². The van der Waals surface area contributed by atoms with Gasteiger partial charge in [0.2, 0.25) is 5.13 Å². The largest absolute Gasteiger partial charge is 0.481 e. The van der Waals surface area contributed by atoms with Crippen molar-refractivity contribution >= 4 is 28.5 Å². The van der Waals surface area contributed by atoms with Gasteiger partial charge >= 0.3 is 12.0 Å². The lowest BCUT2D eigenvalue weighted by atomic mass is 10.1. The Labute approximate surface area is 102 Å². The summed E-state index contributed by atoms with van der Waals surface area (Å²) < 4.78 is 0. The second-order valence-electron chi connectivity index (χ2n) is 3.51. The maximum atomic E-state index is 11.3. The first-order valence-corrected chi connectivity index (χ1v) is 6.01. The summed E-state index contributed by atoms with van der Waals surface area (Å²) in [6.07, 6.45) is 1.16. The minimum atomic E-state index is -0.816. The quantitative estimate of drug-likeness (QED) is 0.664. The SMILES string of the molecule is CC(CCCNC(=O)Nc1nncs1)C(=O)O. The molecule has 94 valence electrons. The molecule has 1 aromatic heterocycles. The number of aliphatic carboxylic acids is 1. The van der Waals surface area contributed by atoms with Crippen LogP contribution in [-0.2, 0) is 4.79 Å². The Balaban J connectivity index is 2.10. The van der Waals surface area contributed by atoms with Crippen molar-refractivity contribution < 1.29 is 14.7 Å². The molecule has 1 unspecified atom stereocenters. The Bertz CT molecular complexity index is 368. The molecule has 7 nitrogen and oxygen atoms in total. The van der Waals surface area contributed by atoms with Crippen LogP contribution in [0.25, 0.3) is 0 Å². The van der Waals surface area contributed by atoms with Crippen LogP contribution in [0.4, 0.5) is 9.93 Å². The molecule has 0 saturated heterocycles. The van der Waals surface area contributed by atoms with Gasteiger partial charge in [0.15, 0.2) is 0 Å². The summed E-state index contributed by atoms with van der Waals surface area (Å²) >= 11 is 1.23. The van der Waals surface area contributed by atoms with E-state index in [2.05, 4.69) is 20.8 Å². The number of anilines is 1. The van der Waals surface area contributed by atoms with Gasteiger partial charge in [-0.1, -0.05) is 18.3 Å². The Morgan fingerprint density at radius 1 is 1.59 bits per heavy atom. The fraction of sp³-hybridized carbons (Fsp3) is 0.556. The number of aromatic nitrogens is 2.